The first-order valence-corrected chi connectivity index (χ1v) is 10.4. The molecule has 0 bridgehead atoms. The van der Waals surface area contributed by atoms with Crippen molar-refractivity contribution in [1.29, 1.82) is 0 Å². The van der Waals surface area contributed by atoms with Gasteiger partial charge in [0.05, 0.1) is 12.2 Å². The third-order valence-corrected chi connectivity index (χ3v) is 7.04. The molecule has 0 amide bonds. The van der Waals surface area contributed by atoms with E-state index in [4.69, 9.17) is 4.74 Å². The first kappa shape index (κ1) is 17.3. The van der Waals surface area contributed by atoms with Crippen molar-refractivity contribution in [3.8, 4) is 0 Å². The predicted molar refractivity (Wildman–Crippen MR) is 98.3 cm³/mol. The molecule has 24 heavy (non-hydrogen) atoms. The van der Waals surface area contributed by atoms with Crippen molar-refractivity contribution in [3.05, 3.63) is 0 Å². The Balaban J connectivity index is 1.11. The Morgan fingerprint density at radius 3 is 2.04 bits per heavy atom. The first-order valence-electron chi connectivity index (χ1n) is 10.4. The van der Waals surface area contributed by atoms with Gasteiger partial charge in [0.15, 0.2) is 0 Å². The van der Waals surface area contributed by atoms with Gasteiger partial charge >= 0.3 is 0 Å². The van der Waals surface area contributed by atoms with Gasteiger partial charge in [-0.05, 0) is 58.0 Å². The van der Waals surface area contributed by atoms with Crippen molar-refractivity contribution in [2.24, 2.45) is 11.3 Å². The van der Waals surface area contributed by atoms with Gasteiger partial charge < -0.3 is 19.4 Å². The average Bonchev–Trinajstić information content (AvgIpc) is 2.52. The largest absolute Gasteiger partial charge is 0.375 e. The van der Waals surface area contributed by atoms with Crippen molar-refractivity contribution in [3.63, 3.8) is 0 Å². The topological polar surface area (TPSA) is 19.0 Å². The van der Waals surface area contributed by atoms with Gasteiger partial charge in [0.25, 0.3) is 0 Å². The molecule has 0 aromatic heterocycles. The molecule has 4 aliphatic rings. The van der Waals surface area contributed by atoms with Crippen LogP contribution in [-0.2, 0) is 4.74 Å². The lowest BCUT2D eigenvalue weighted by Gasteiger charge is -2.61. The second-order valence-electron chi connectivity index (χ2n) is 9.25. The SMILES string of the molecule is CCN1CC2(C1)CN(CC1CCC(OC3CCN(C)CC3)CC1)C2. The van der Waals surface area contributed by atoms with E-state index in [-0.39, 0.29) is 0 Å². The molecule has 3 heterocycles. The Morgan fingerprint density at radius 1 is 0.833 bits per heavy atom. The molecule has 0 unspecified atom stereocenters. The third kappa shape index (κ3) is 3.82. The summed E-state index contributed by atoms with van der Waals surface area (Å²) in [5.41, 5.74) is 0.699. The second-order valence-corrected chi connectivity index (χ2v) is 9.25. The molecule has 0 radical (unpaired) electrons. The number of ether oxygens (including phenoxy) is 1. The molecule has 4 heteroatoms. The highest BCUT2D eigenvalue weighted by atomic mass is 16.5. The zero-order valence-electron chi connectivity index (χ0n) is 15.9. The molecule has 1 saturated carbocycles. The van der Waals surface area contributed by atoms with Crippen LogP contribution in [0.1, 0.15) is 45.4 Å². The highest BCUT2D eigenvalue weighted by molar-refractivity contribution is 5.05. The van der Waals surface area contributed by atoms with Gasteiger partial charge in [-0.25, -0.2) is 0 Å². The van der Waals surface area contributed by atoms with E-state index < -0.39 is 0 Å². The molecule has 3 aliphatic heterocycles. The smallest absolute Gasteiger partial charge is 0.0603 e. The fourth-order valence-corrected chi connectivity index (χ4v) is 5.57. The van der Waals surface area contributed by atoms with E-state index in [9.17, 15) is 0 Å². The van der Waals surface area contributed by atoms with Gasteiger partial charge in [0, 0.05) is 51.2 Å². The van der Waals surface area contributed by atoms with Crippen LogP contribution in [0.3, 0.4) is 0 Å². The fraction of sp³-hybridized carbons (Fsp3) is 1.00. The van der Waals surface area contributed by atoms with Crippen molar-refractivity contribution in [1.82, 2.24) is 14.7 Å². The van der Waals surface area contributed by atoms with E-state index in [1.165, 1.54) is 90.9 Å². The predicted octanol–water partition coefficient (Wildman–Crippen LogP) is 2.29. The van der Waals surface area contributed by atoms with Crippen LogP contribution in [0.5, 0.6) is 0 Å². The van der Waals surface area contributed by atoms with Crippen LogP contribution in [0.25, 0.3) is 0 Å². The average molecular weight is 336 g/mol. The van der Waals surface area contributed by atoms with Crippen molar-refractivity contribution in [2.45, 2.75) is 57.7 Å². The number of rotatable bonds is 5. The Kier molecular flexibility index (Phi) is 5.19. The van der Waals surface area contributed by atoms with E-state index in [2.05, 4.69) is 28.7 Å². The van der Waals surface area contributed by atoms with E-state index in [1.54, 1.807) is 0 Å². The molecule has 0 N–H and O–H groups in total. The lowest BCUT2D eigenvalue weighted by Crippen LogP contribution is -2.72. The van der Waals surface area contributed by atoms with E-state index in [1.807, 2.05) is 0 Å². The molecule has 0 aromatic carbocycles. The quantitative estimate of drug-likeness (QED) is 0.767. The van der Waals surface area contributed by atoms with Crippen molar-refractivity contribution < 1.29 is 4.74 Å². The molecule has 4 fully saturated rings. The summed E-state index contributed by atoms with van der Waals surface area (Å²) >= 11 is 0. The monoisotopic (exact) mass is 335 g/mol. The summed E-state index contributed by atoms with van der Waals surface area (Å²) in [4.78, 5) is 7.75. The first-order chi connectivity index (χ1) is 11.6. The fourth-order valence-electron chi connectivity index (χ4n) is 5.57. The van der Waals surface area contributed by atoms with Crippen molar-refractivity contribution in [2.75, 3.05) is 59.4 Å². The molecule has 4 rings (SSSR count). The molecular formula is C20H37N3O. The second kappa shape index (κ2) is 7.22. The molecule has 4 nitrogen and oxygen atoms in total. The molecule has 3 saturated heterocycles. The highest BCUT2D eigenvalue weighted by Gasteiger charge is 2.51. The minimum Gasteiger partial charge on any atom is -0.375 e. The number of hydrogen-bond donors (Lipinski definition) is 0. The number of piperidine rings is 1. The molecule has 1 aliphatic carbocycles. The molecule has 138 valence electrons. The molecule has 0 aromatic rings. The van der Waals surface area contributed by atoms with Gasteiger partial charge in [-0.15, -0.1) is 0 Å². The van der Waals surface area contributed by atoms with E-state index in [0.717, 1.165) is 5.92 Å². The van der Waals surface area contributed by atoms with Crippen LogP contribution < -0.4 is 0 Å². The molecular weight excluding hydrogens is 298 g/mol. The maximum absolute atomic E-state index is 6.41. The Bertz CT molecular complexity index is 399. The van der Waals surface area contributed by atoms with Crippen LogP contribution >= 0.6 is 0 Å². The van der Waals surface area contributed by atoms with Crippen LogP contribution in [0.2, 0.25) is 0 Å². The third-order valence-electron chi connectivity index (χ3n) is 7.04. The Labute approximate surface area is 148 Å². The molecule has 1 spiro atoms. The number of nitrogens with zero attached hydrogens (tertiary/aromatic N) is 3. The van der Waals surface area contributed by atoms with Gasteiger partial charge in [0.2, 0.25) is 0 Å². The Morgan fingerprint density at radius 2 is 1.42 bits per heavy atom. The maximum Gasteiger partial charge on any atom is 0.0603 e. The highest BCUT2D eigenvalue weighted by Crippen LogP contribution is 2.40. The summed E-state index contributed by atoms with van der Waals surface area (Å²) < 4.78 is 6.41. The zero-order valence-corrected chi connectivity index (χ0v) is 15.9. The summed E-state index contributed by atoms with van der Waals surface area (Å²) in [5, 5.41) is 0. The van der Waals surface area contributed by atoms with E-state index >= 15 is 0 Å². The van der Waals surface area contributed by atoms with Gasteiger partial charge in [0.1, 0.15) is 0 Å². The van der Waals surface area contributed by atoms with Crippen LogP contribution in [0.4, 0.5) is 0 Å². The lowest BCUT2D eigenvalue weighted by molar-refractivity contribution is -0.120. The minimum atomic E-state index is 0.540. The van der Waals surface area contributed by atoms with Gasteiger partial charge in [-0.3, -0.25) is 0 Å². The van der Waals surface area contributed by atoms with E-state index in [0.29, 0.717) is 17.6 Å². The lowest BCUT2D eigenvalue weighted by atomic mass is 9.72. The van der Waals surface area contributed by atoms with Crippen LogP contribution in [0, 0.1) is 11.3 Å². The summed E-state index contributed by atoms with van der Waals surface area (Å²) in [6.45, 7) is 12.8. The summed E-state index contributed by atoms with van der Waals surface area (Å²) in [6, 6.07) is 0. The normalized spacial score (nSPS) is 35.8. The zero-order chi connectivity index (χ0) is 16.6. The minimum absolute atomic E-state index is 0.540. The van der Waals surface area contributed by atoms with Gasteiger partial charge in [-0.2, -0.15) is 0 Å². The molecule has 0 atom stereocenters. The van der Waals surface area contributed by atoms with Crippen LogP contribution in [-0.4, -0.2) is 86.3 Å². The Hall–Kier alpha value is -0.160. The van der Waals surface area contributed by atoms with Crippen LogP contribution in [0.15, 0.2) is 0 Å². The number of hydrogen-bond acceptors (Lipinski definition) is 4. The number of likely N-dealkylation sites (tertiary alicyclic amines) is 3. The standard InChI is InChI=1S/C20H37N3O/c1-3-22-13-20(14-22)15-23(16-20)12-17-4-6-18(7-5-17)24-19-8-10-21(2)11-9-19/h17-19H,3-16H2,1-2H3. The summed E-state index contributed by atoms with van der Waals surface area (Å²) in [7, 11) is 2.23. The summed E-state index contributed by atoms with van der Waals surface area (Å²) in [6.07, 6.45) is 8.96. The van der Waals surface area contributed by atoms with Gasteiger partial charge in [-0.1, -0.05) is 6.92 Å². The summed E-state index contributed by atoms with van der Waals surface area (Å²) in [5.74, 6) is 0.932. The van der Waals surface area contributed by atoms with Crippen molar-refractivity contribution >= 4 is 0 Å². The maximum atomic E-state index is 6.41.